The van der Waals surface area contributed by atoms with E-state index in [4.69, 9.17) is 13.9 Å². The van der Waals surface area contributed by atoms with Gasteiger partial charge in [0.05, 0.1) is 22.3 Å². The maximum Gasteiger partial charge on any atom is 0.309 e. The van der Waals surface area contributed by atoms with E-state index in [2.05, 4.69) is 4.98 Å². The van der Waals surface area contributed by atoms with E-state index >= 15 is 0 Å². The third-order valence-electron chi connectivity index (χ3n) is 5.21. The van der Waals surface area contributed by atoms with Gasteiger partial charge in [-0.3, -0.25) is 4.79 Å². The molecule has 0 N–H and O–H groups in total. The lowest BCUT2D eigenvalue weighted by Crippen LogP contribution is -2.40. The molecule has 0 unspecified atom stereocenters. The van der Waals surface area contributed by atoms with Crippen molar-refractivity contribution >= 4 is 27.3 Å². The molecule has 3 heterocycles. The highest BCUT2D eigenvalue weighted by Crippen LogP contribution is 2.27. The molecule has 1 fully saturated rings. The van der Waals surface area contributed by atoms with Gasteiger partial charge in [0.25, 0.3) is 0 Å². The van der Waals surface area contributed by atoms with E-state index in [-0.39, 0.29) is 36.5 Å². The zero-order chi connectivity index (χ0) is 22.6. The van der Waals surface area contributed by atoms with Crippen molar-refractivity contribution in [3.8, 4) is 16.5 Å². The summed E-state index contributed by atoms with van der Waals surface area (Å²) in [6.07, 6.45) is 2.30. The lowest BCUT2D eigenvalue weighted by molar-refractivity contribution is -0.151. The average molecular weight is 477 g/mol. The second kappa shape index (κ2) is 9.85. The van der Waals surface area contributed by atoms with Crippen molar-refractivity contribution in [3.63, 3.8) is 0 Å². The van der Waals surface area contributed by atoms with E-state index in [1.807, 2.05) is 24.4 Å². The van der Waals surface area contributed by atoms with Crippen LogP contribution in [0.2, 0.25) is 0 Å². The van der Waals surface area contributed by atoms with E-state index in [1.165, 1.54) is 21.9 Å². The Bertz CT molecular complexity index is 1130. The molecule has 0 saturated carbocycles. The molecule has 8 nitrogen and oxygen atoms in total. The fourth-order valence-electron chi connectivity index (χ4n) is 3.51. The molecule has 1 aliphatic heterocycles. The third-order valence-corrected chi connectivity index (χ3v) is 7.98. The summed E-state index contributed by atoms with van der Waals surface area (Å²) in [5.41, 5.74) is 0.539. The van der Waals surface area contributed by atoms with Crippen LogP contribution < -0.4 is 4.74 Å². The minimum absolute atomic E-state index is 0.0262. The van der Waals surface area contributed by atoms with Gasteiger partial charge in [-0.05, 0) is 55.5 Å². The molecule has 0 radical (unpaired) electrons. The zero-order valence-corrected chi connectivity index (χ0v) is 19.2. The van der Waals surface area contributed by atoms with Crippen LogP contribution in [0.5, 0.6) is 5.75 Å². The lowest BCUT2D eigenvalue weighted by atomic mass is 9.98. The minimum Gasteiger partial charge on any atom is -0.494 e. The smallest absolute Gasteiger partial charge is 0.309 e. The Labute approximate surface area is 190 Å². The van der Waals surface area contributed by atoms with Crippen LogP contribution >= 0.6 is 11.3 Å². The first-order valence-electron chi connectivity index (χ1n) is 10.4. The van der Waals surface area contributed by atoms with Crippen LogP contribution in [-0.4, -0.2) is 43.4 Å². The molecule has 10 heteroatoms. The predicted octanol–water partition coefficient (Wildman–Crippen LogP) is 3.95. The molecule has 0 spiro atoms. The van der Waals surface area contributed by atoms with E-state index in [0.717, 1.165) is 4.88 Å². The predicted molar refractivity (Wildman–Crippen MR) is 119 cm³/mol. The van der Waals surface area contributed by atoms with Crippen molar-refractivity contribution in [1.29, 1.82) is 0 Å². The molecule has 1 aromatic carbocycles. The Hall–Kier alpha value is -2.69. The van der Waals surface area contributed by atoms with E-state index < -0.39 is 10.0 Å². The summed E-state index contributed by atoms with van der Waals surface area (Å²) in [5, 5.41) is 1.93. The molecule has 0 atom stereocenters. The number of esters is 1. The summed E-state index contributed by atoms with van der Waals surface area (Å²) >= 11 is 1.52. The number of aromatic nitrogens is 1. The maximum atomic E-state index is 12.9. The van der Waals surface area contributed by atoms with Crippen LogP contribution in [-0.2, 0) is 26.2 Å². The van der Waals surface area contributed by atoms with Crippen LogP contribution in [0.15, 0.2) is 57.4 Å². The lowest BCUT2D eigenvalue weighted by Gasteiger charge is -2.30. The second-order valence-corrected chi connectivity index (χ2v) is 10.2. The van der Waals surface area contributed by atoms with Crippen molar-refractivity contribution in [2.75, 3.05) is 19.7 Å². The van der Waals surface area contributed by atoms with E-state index in [9.17, 15) is 13.2 Å². The monoisotopic (exact) mass is 476 g/mol. The first kappa shape index (κ1) is 22.5. The van der Waals surface area contributed by atoms with Gasteiger partial charge in [-0.1, -0.05) is 6.07 Å². The number of oxazole rings is 1. The molecule has 3 aromatic rings. The topological polar surface area (TPSA) is 98.9 Å². The van der Waals surface area contributed by atoms with Crippen LogP contribution in [0, 0.1) is 5.92 Å². The van der Waals surface area contributed by atoms with E-state index in [0.29, 0.717) is 36.8 Å². The van der Waals surface area contributed by atoms with Crippen molar-refractivity contribution in [2.24, 2.45) is 5.92 Å². The van der Waals surface area contributed by atoms with E-state index in [1.54, 1.807) is 24.3 Å². The molecular weight excluding hydrogens is 452 g/mol. The van der Waals surface area contributed by atoms with Crippen LogP contribution in [0.1, 0.15) is 25.5 Å². The summed E-state index contributed by atoms with van der Waals surface area (Å²) in [4.78, 5) is 17.9. The number of rotatable bonds is 8. The molecule has 0 bridgehead atoms. The van der Waals surface area contributed by atoms with Crippen LogP contribution in [0.25, 0.3) is 10.8 Å². The average Bonchev–Trinajstić information content (AvgIpc) is 3.50. The highest BCUT2D eigenvalue weighted by molar-refractivity contribution is 7.89. The molecular formula is C22H24N2O6S2. The summed E-state index contributed by atoms with van der Waals surface area (Å²) in [6, 6.07) is 10.2. The third kappa shape index (κ3) is 5.03. The van der Waals surface area contributed by atoms with Gasteiger partial charge in [0, 0.05) is 13.1 Å². The van der Waals surface area contributed by atoms with Crippen molar-refractivity contribution in [3.05, 3.63) is 53.7 Å². The molecule has 1 aliphatic rings. The summed E-state index contributed by atoms with van der Waals surface area (Å²) < 4.78 is 43.4. The first-order chi connectivity index (χ1) is 15.5. The quantitative estimate of drug-likeness (QED) is 0.454. The van der Waals surface area contributed by atoms with Gasteiger partial charge in [-0.25, -0.2) is 13.4 Å². The van der Waals surface area contributed by atoms with Crippen LogP contribution in [0.3, 0.4) is 0 Å². The van der Waals surface area contributed by atoms with Crippen molar-refractivity contribution in [2.45, 2.75) is 31.3 Å². The first-order valence-corrected chi connectivity index (χ1v) is 12.7. The Kier molecular flexibility index (Phi) is 6.92. The summed E-state index contributed by atoms with van der Waals surface area (Å²) in [5.74, 6) is 0.440. The molecule has 4 rings (SSSR count). The number of carbonyl (C=O) groups is 1. The zero-order valence-electron chi connectivity index (χ0n) is 17.6. The number of benzene rings is 1. The van der Waals surface area contributed by atoms with Crippen molar-refractivity contribution in [1.82, 2.24) is 9.29 Å². The number of thiophene rings is 1. The van der Waals surface area contributed by atoms with Gasteiger partial charge in [0.1, 0.15) is 24.3 Å². The number of sulfonamides is 1. The Balaban J connectivity index is 1.28. The maximum absolute atomic E-state index is 12.9. The Morgan fingerprint density at radius 3 is 2.62 bits per heavy atom. The number of ether oxygens (including phenoxy) is 2. The summed E-state index contributed by atoms with van der Waals surface area (Å²) in [7, 11) is -3.61. The molecule has 0 aliphatic carbocycles. The van der Waals surface area contributed by atoms with Gasteiger partial charge in [0.2, 0.25) is 15.9 Å². The van der Waals surface area contributed by atoms with Gasteiger partial charge < -0.3 is 13.9 Å². The normalized spacial score (nSPS) is 15.5. The molecule has 170 valence electrons. The largest absolute Gasteiger partial charge is 0.494 e. The number of hydrogen-bond acceptors (Lipinski definition) is 8. The highest BCUT2D eigenvalue weighted by Gasteiger charge is 2.33. The van der Waals surface area contributed by atoms with Gasteiger partial charge >= 0.3 is 5.97 Å². The Morgan fingerprint density at radius 1 is 1.22 bits per heavy atom. The fraction of sp³-hybridized carbons (Fsp3) is 0.364. The molecule has 1 saturated heterocycles. The minimum atomic E-state index is -3.61. The van der Waals surface area contributed by atoms with Crippen molar-refractivity contribution < 1.29 is 27.1 Å². The highest BCUT2D eigenvalue weighted by atomic mass is 32.2. The van der Waals surface area contributed by atoms with Gasteiger partial charge in [0.15, 0.2) is 0 Å². The molecule has 32 heavy (non-hydrogen) atoms. The SMILES string of the molecule is CCOc1ccc(S(=O)(=O)N2CCC(C(=O)OCc3coc(-c4cccs4)n3)CC2)cc1. The van der Waals surface area contributed by atoms with Crippen LogP contribution in [0.4, 0.5) is 0 Å². The molecule has 0 amide bonds. The summed E-state index contributed by atoms with van der Waals surface area (Å²) in [6.45, 7) is 2.94. The Morgan fingerprint density at radius 2 is 1.97 bits per heavy atom. The number of carbonyl (C=O) groups excluding carboxylic acids is 1. The number of piperidine rings is 1. The standard InChI is InChI=1S/C22H24N2O6S2/c1-2-28-18-5-7-19(8-6-18)32(26,27)24-11-9-16(10-12-24)22(25)30-15-17-14-29-21(23-17)20-4-3-13-31-20/h3-8,13-14,16H,2,9-12,15H2,1H3. The van der Waals surface area contributed by atoms with Gasteiger partial charge in [-0.2, -0.15) is 4.31 Å². The fourth-order valence-corrected chi connectivity index (χ4v) is 5.63. The number of hydrogen-bond donors (Lipinski definition) is 0. The van der Waals surface area contributed by atoms with Gasteiger partial charge in [-0.15, -0.1) is 11.3 Å². The second-order valence-electron chi connectivity index (χ2n) is 7.31. The number of nitrogens with zero attached hydrogens (tertiary/aromatic N) is 2. The molecule has 2 aromatic heterocycles.